The van der Waals surface area contributed by atoms with Gasteiger partial charge in [-0.15, -0.1) is 0 Å². The van der Waals surface area contributed by atoms with Gasteiger partial charge in [-0.25, -0.2) is 0 Å². The van der Waals surface area contributed by atoms with Crippen molar-refractivity contribution >= 4 is 23.9 Å². The van der Waals surface area contributed by atoms with E-state index in [-0.39, 0.29) is 32.3 Å². The lowest BCUT2D eigenvalue weighted by atomic mass is 9.80. The van der Waals surface area contributed by atoms with E-state index in [0.717, 1.165) is 16.7 Å². The van der Waals surface area contributed by atoms with Crippen LogP contribution in [0.4, 0.5) is 0 Å². The number of esters is 4. The van der Waals surface area contributed by atoms with Crippen molar-refractivity contribution < 1.29 is 47.6 Å². The highest BCUT2D eigenvalue weighted by atomic mass is 16.7. The summed E-state index contributed by atoms with van der Waals surface area (Å²) in [6, 6.07) is 28.9. The van der Waals surface area contributed by atoms with Crippen molar-refractivity contribution in [1.82, 2.24) is 0 Å². The van der Waals surface area contributed by atoms with Gasteiger partial charge in [-0.1, -0.05) is 119 Å². The Morgan fingerprint density at radius 1 is 0.532 bits per heavy atom. The van der Waals surface area contributed by atoms with E-state index in [1.54, 1.807) is 27.7 Å². The van der Waals surface area contributed by atoms with Crippen molar-refractivity contribution in [1.29, 1.82) is 0 Å². The van der Waals surface area contributed by atoms with Crippen LogP contribution in [-0.2, 0) is 53.2 Å². The minimum atomic E-state index is -1.49. The van der Waals surface area contributed by atoms with Crippen molar-refractivity contribution in [3.63, 3.8) is 0 Å². The van der Waals surface area contributed by atoms with Gasteiger partial charge in [0.1, 0.15) is 11.7 Å². The van der Waals surface area contributed by atoms with Gasteiger partial charge < -0.3 is 28.4 Å². The largest absolute Gasteiger partial charge is 0.455 e. The van der Waals surface area contributed by atoms with Crippen LogP contribution >= 0.6 is 0 Å². The molecule has 1 fully saturated rings. The highest BCUT2D eigenvalue weighted by molar-refractivity contribution is 5.72. The molecule has 0 amide bonds. The van der Waals surface area contributed by atoms with Gasteiger partial charge in [-0.3, -0.25) is 19.2 Å². The first kappa shape index (κ1) is 35.3. The van der Waals surface area contributed by atoms with Crippen molar-refractivity contribution in [2.75, 3.05) is 6.61 Å². The molecule has 1 aliphatic rings. The second kappa shape index (κ2) is 16.9. The maximum absolute atomic E-state index is 12.8. The van der Waals surface area contributed by atoms with E-state index in [1.807, 2.05) is 91.0 Å². The quantitative estimate of drug-likeness (QED) is 0.124. The third-order valence-electron chi connectivity index (χ3n) is 7.80. The smallest absolute Gasteiger partial charge is 0.307 e. The van der Waals surface area contributed by atoms with Crippen molar-refractivity contribution in [3.8, 4) is 0 Å². The Balaban J connectivity index is 1.85. The minimum absolute atomic E-state index is 0.00225. The van der Waals surface area contributed by atoms with Crippen LogP contribution < -0.4 is 0 Å². The molecule has 10 nitrogen and oxygen atoms in total. The van der Waals surface area contributed by atoms with Gasteiger partial charge in [0.2, 0.25) is 12.4 Å². The van der Waals surface area contributed by atoms with Crippen LogP contribution in [0, 0.1) is 0 Å². The van der Waals surface area contributed by atoms with E-state index in [0.29, 0.717) is 0 Å². The van der Waals surface area contributed by atoms with Crippen molar-refractivity contribution in [2.24, 2.45) is 0 Å². The van der Waals surface area contributed by atoms with E-state index in [9.17, 15) is 19.2 Å². The SMILES string of the molecule is CCC(=O)OC1O[C@H](COC(c2ccccc2)(c2ccccc2)c2ccccc2)[C@@H](OC(=O)CC)[C@H](OC(=O)CC)[C@H]1OC(=O)CC. The predicted molar refractivity (Wildman–Crippen MR) is 171 cm³/mol. The summed E-state index contributed by atoms with van der Waals surface area (Å²) in [6.45, 7) is 6.19. The molecule has 0 N–H and O–H groups in total. The fraction of sp³-hybridized carbons (Fsp3) is 0.405. The molecule has 1 heterocycles. The molecule has 0 aliphatic carbocycles. The maximum atomic E-state index is 12.8. The van der Waals surface area contributed by atoms with Gasteiger partial charge in [-0.2, -0.15) is 0 Å². The Labute approximate surface area is 275 Å². The third kappa shape index (κ3) is 8.44. The van der Waals surface area contributed by atoms with Crippen LogP contribution in [0.15, 0.2) is 91.0 Å². The van der Waals surface area contributed by atoms with E-state index < -0.39 is 60.2 Å². The average molecular weight is 647 g/mol. The van der Waals surface area contributed by atoms with Gasteiger partial charge in [0.25, 0.3) is 0 Å². The molecule has 3 aromatic rings. The zero-order valence-corrected chi connectivity index (χ0v) is 27.2. The van der Waals surface area contributed by atoms with Crippen LogP contribution in [-0.4, -0.2) is 61.2 Å². The molecule has 0 radical (unpaired) electrons. The summed E-state index contributed by atoms with van der Waals surface area (Å²) in [4.78, 5) is 50.8. The number of hydrogen-bond donors (Lipinski definition) is 0. The summed E-state index contributed by atoms with van der Waals surface area (Å²) in [5.74, 6) is -2.53. The monoisotopic (exact) mass is 646 g/mol. The number of rotatable bonds is 14. The molecule has 4 rings (SSSR count). The summed E-state index contributed by atoms with van der Waals surface area (Å²) in [5, 5.41) is 0. The Kier molecular flexibility index (Phi) is 12.7. The van der Waals surface area contributed by atoms with Gasteiger partial charge in [0, 0.05) is 25.7 Å². The molecule has 47 heavy (non-hydrogen) atoms. The Morgan fingerprint density at radius 2 is 0.894 bits per heavy atom. The number of carbonyl (C=O) groups is 4. The Hall–Kier alpha value is -4.54. The topological polar surface area (TPSA) is 124 Å². The molecule has 3 aromatic carbocycles. The molecule has 1 saturated heterocycles. The fourth-order valence-electron chi connectivity index (χ4n) is 5.40. The molecule has 10 heteroatoms. The zero-order chi connectivity index (χ0) is 33.8. The van der Waals surface area contributed by atoms with Crippen LogP contribution in [0.1, 0.15) is 70.1 Å². The first-order valence-corrected chi connectivity index (χ1v) is 16.0. The van der Waals surface area contributed by atoms with Crippen LogP contribution in [0.2, 0.25) is 0 Å². The molecule has 1 unspecified atom stereocenters. The molecule has 1 aliphatic heterocycles. The number of benzene rings is 3. The van der Waals surface area contributed by atoms with Crippen molar-refractivity contribution in [3.05, 3.63) is 108 Å². The average Bonchev–Trinajstić information content (AvgIpc) is 3.12. The molecule has 0 saturated carbocycles. The van der Waals surface area contributed by atoms with Crippen molar-refractivity contribution in [2.45, 2.75) is 89.7 Å². The summed E-state index contributed by atoms with van der Waals surface area (Å²) in [7, 11) is 0. The molecular formula is C37H42O10. The number of hydrogen-bond acceptors (Lipinski definition) is 10. The van der Waals surface area contributed by atoms with Crippen LogP contribution in [0.3, 0.4) is 0 Å². The predicted octanol–water partition coefficient (Wildman–Crippen LogP) is 5.64. The zero-order valence-electron chi connectivity index (χ0n) is 27.2. The molecular weight excluding hydrogens is 604 g/mol. The molecule has 0 bridgehead atoms. The highest BCUT2D eigenvalue weighted by Gasteiger charge is 2.54. The summed E-state index contributed by atoms with van der Waals surface area (Å²) < 4.78 is 36.2. The Bertz CT molecular complexity index is 1360. The van der Waals surface area contributed by atoms with E-state index in [2.05, 4.69) is 0 Å². The summed E-state index contributed by atoms with van der Waals surface area (Å²) in [5.41, 5.74) is 1.26. The molecule has 250 valence electrons. The maximum Gasteiger partial charge on any atom is 0.307 e. The first-order chi connectivity index (χ1) is 22.8. The molecule has 0 aromatic heterocycles. The normalized spacial score (nSPS) is 20.9. The standard InChI is InChI=1S/C37H42O10/c1-5-29(38)44-33-28(43-36(47-32(41)8-4)35(46-31(40)7-3)34(33)45-30(39)6-2)24-42-37(25-18-12-9-13-19-25,26-20-14-10-15-21-26)27-22-16-11-17-23-27/h9-23,28,33-36H,5-8,24H2,1-4H3/t28-,33-,34+,35-,36?/m1/s1. The van der Waals surface area contributed by atoms with Crippen LogP contribution in [0.25, 0.3) is 0 Å². The second-order valence-corrected chi connectivity index (χ2v) is 10.9. The number of carbonyl (C=O) groups excluding carboxylic acids is 4. The molecule has 0 spiro atoms. The summed E-state index contributed by atoms with van der Waals surface area (Å²) in [6.07, 6.45) is -6.72. The summed E-state index contributed by atoms with van der Waals surface area (Å²) >= 11 is 0. The van der Waals surface area contributed by atoms with Gasteiger partial charge in [0.15, 0.2) is 12.2 Å². The lowest BCUT2D eigenvalue weighted by Gasteiger charge is -2.45. The van der Waals surface area contributed by atoms with E-state index in [4.69, 9.17) is 28.4 Å². The van der Waals surface area contributed by atoms with Gasteiger partial charge in [0.05, 0.1) is 6.61 Å². The van der Waals surface area contributed by atoms with E-state index >= 15 is 0 Å². The lowest BCUT2D eigenvalue weighted by Crippen LogP contribution is -2.63. The van der Waals surface area contributed by atoms with Gasteiger partial charge in [-0.05, 0) is 16.7 Å². The fourth-order valence-corrected chi connectivity index (χ4v) is 5.40. The van der Waals surface area contributed by atoms with E-state index in [1.165, 1.54) is 0 Å². The molecule has 5 atom stereocenters. The first-order valence-electron chi connectivity index (χ1n) is 16.0. The lowest BCUT2D eigenvalue weighted by molar-refractivity contribution is -0.304. The number of ether oxygens (including phenoxy) is 6. The van der Waals surface area contributed by atoms with Crippen LogP contribution in [0.5, 0.6) is 0 Å². The Morgan fingerprint density at radius 3 is 1.30 bits per heavy atom. The second-order valence-electron chi connectivity index (χ2n) is 10.9. The van der Waals surface area contributed by atoms with Gasteiger partial charge >= 0.3 is 23.9 Å². The minimum Gasteiger partial charge on any atom is -0.455 e. The third-order valence-corrected chi connectivity index (χ3v) is 7.80. The highest BCUT2D eigenvalue weighted by Crippen LogP contribution is 2.41.